The summed E-state index contributed by atoms with van der Waals surface area (Å²) >= 11 is 1.72. The zero-order valence-corrected chi connectivity index (χ0v) is 19.9. The molecule has 0 saturated heterocycles. The molecule has 29 heavy (non-hydrogen) atoms. The van der Waals surface area contributed by atoms with E-state index < -0.39 is 5.91 Å². The first-order chi connectivity index (χ1) is 13.4. The number of halogens is 1. The molecule has 0 atom stereocenters. The molecule has 0 radical (unpaired) electrons. The van der Waals surface area contributed by atoms with Crippen LogP contribution in [0.15, 0.2) is 29.3 Å². The summed E-state index contributed by atoms with van der Waals surface area (Å²) in [4.78, 5) is 32.6. The molecule has 2 rings (SSSR count). The maximum Gasteiger partial charge on any atom is 0.251 e. The number of carbonyl (C=O) groups is 2. The van der Waals surface area contributed by atoms with E-state index in [1.807, 2.05) is 19.1 Å². The zero-order valence-electron chi connectivity index (χ0n) is 16.7. The summed E-state index contributed by atoms with van der Waals surface area (Å²) in [6.45, 7) is 5.24. The number of rotatable bonds is 8. The van der Waals surface area contributed by atoms with E-state index in [0.29, 0.717) is 18.1 Å². The minimum Gasteiger partial charge on any atom is -0.368 e. The number of guanidine groups is 1. The molecule has 1 heterocycles. The van der Waals surface area contributed by atoms with Gasteiger partial charge in [0.15, 0.2) is 5.96 Å². The van der Waals surface area contributed by atoms with Gasteiger partial charge < -0.3 is 21.7 Å². The maximum absolute atomic E-state index is 11.9. The van der Waals surface area contributed by atoms with Crippen molar-refractivity contribution >= 4 is 53.1 Å². The van der Waals surface area contributed by atoms with Gasteiger partial charge in [-0.05, 0) is 31.5 Å². The van der Waals surface area contributed by atoms with Gasteiger partial charge in [0.25, 0.3) is 5.91 Å². The van der Waals surface area contributed by atoms with Crippen molar-refractivity contribution in [3.8, 4) is 0 Å². The van der Waals surface area contributed by atoms with Crippen LogP contribution in [0.4, 0.5) is 0 Å². The first kappa shape index (κ1) is 24.8. The number of primary amides is 1. The van der Waals surface area contributed by atoms with E-state index >= 15 is 0 Å². The minimum absolute atomic E-state index is 0. The molecule has 5 N–H and O–H groups in total. The second kappa shape index (κ2) is 12.4. The van der Waals surface area contributed by atoms with Crippen molar-refractivity contribution in [1.29, 1.82) is 0 Å². The Morgan fingerprint density at radius 1 is 1.14 bits per heavy atom. The first-order valence-electron chi connectivity index (χ1n) is 8.92. The Kier molecular flexibility index (Phi) is 10.6. The average molecular weight is 530 g/mol. The summed E-state index contributed by atoms with van der Waals surface area (Å²) in [7, 11) is 1.72. The molecule has 0 saturated carbocycles. The van der Waals surface area contributed by atoms with E-state index in [4.69, 9.17) is 5.73 Å². The van der Waals surface area contributed by atoms with Crippen LogP contribution in [0.1, 0.15) is 31.5 Å². The summed E-state index contributed by atoms with van der Waals surface area (Å²) < 4.78 is 0. The molecule has 1 aromatic carbocycles. The molecule has 0 bridgehead atoms. The number of benzene rings is 1. The molecule has 10 heteroatoms. The highest BCUT2D eigenvalue weighted by atomic mass is 127. The van der Waals surface area contributed by atoms with Crippen LogP contribution in [0.2, 0.25) is 0 Å². The molecule has 0 aliphatic heterocycles. The topological polar surface area (TPSA) is 122 Å². The smallest absolute Gasteiger partial charge is 0.251 e. The van der Waals surface area contributed by atoms with Gasteiger partial charge in [-0.3, -0.25) is 14.6 Å². The van der Waals surface area contributed by atoms with Gasteiger partial charge >= 0.3 is 0 Å². The van der Waals surface area contributed by atoms with Crippen molar-refractivity contribution < 1.29 is 9.59 Å². The maximum atomic E-state index is 11.9. The predicted octanol–water partition coefficient (Wildman–Crippen LogP) is 1.50. The largest absolute Gasteiger partial charge is 0.368 e. The third-order valence-corrected chi connectivity index (χ3v) is 5.16. The molecule has 0 aliphatic carbocycles. The van der Waals surface area contributed by atoms with Crippen LogP contribution in [-0.2, 0) is 17.8 Å². The van der Waals surface area contributed by atoms with E-state index in [-0.39, 0.29) is 36.4 Å². The number of nitrogens with zero attached hydrogens (tertiary/aromatic N) is 2. The molecule has 2 aromatic rings. The van der Waals surface area contributed by atoms with Crippen LogP contribution >= 0.6 is 35.3 Å². The third-order valence-electron chi connectivity index (χ3n) is 4.03. The highest BCUT2D eigenvalue weighted by molar-refractivity contribution is 14.0. The number of aryl methyl sites for hydroxylation is 2. The van der Waals surface area contributed by atoms with Crippen molar-refractivity contribution in [2.45, 2.75) is 26.8 Å². The third kappa shape index (κ3) is 8.36. The van der Waals surface area contributed by atoms with Crippen LogP contribution < -0.4 is 21.7 Å². The molecule has 0 unspecified atom stereocenters. The number of nitrogens with one attached hydrogen (secondary N) is 3. The fraction of sp³-hybridized carbons (Fsp3) is 0.368. The highest BCUT2D eigenvalue weighted by Gasteiger charge is 2.07. The average Bonchev–Trinajstić information content (AvgIpc) is 3.00. The summed E-state index contributed by atoms with van der Waals surface area (Å²) in [6, 6.07) is 7.11. The molecule has 8 nitrogen and oxygen atoms in total. The fourth-order valence-electron chi connectivity index (χ4n) is 2.38. The first-order valence-corrected chi connectivity index (χ1v) is 9.73. The number of thiazole rings is 1. The van der Waals surface area contributed by atoms with Gasteiger partial charge in [0, 0.05) is 37.0 Å². The van der Waals surface area contributed by atoms with E-state index in [1.54, 1.807) is 30.5 Å². The van der Waals surface area contributed by atoms with Crippen molar-refractivity contribution in [3.05, 3.63) is 51.0 Å². The van der Waals surface area contributed by atoms with E-state index in [9.17, 15) is 9.59 Å². The lowest BCUT2D eigenvalue weighted by molar-refractivity contribution is -0.117. The molecule has 0 aliphatic rings. The van der Waals surface area contributed by atoms with Gasteiger partial charge in [-0.25, -0.2) is 4.98 Å². The van der Waals surface area contributed by atoms with Crippen molar-refractivity contribution in [1.82, 2.24) is 20.9 Å². The van der Waals surface area contributed by atoms with Gasteiger partial charge in [-0.1, -0.05) is 12.1 Å². The summed E-state index contributed by atoms with van der Waals surface area (Å²) in [6.07, 6.45) is 0.842. The normalized spacial score (nSPS) is 10.8. The van der Waals surface area contributed by atoms with Crippen molar-refractivity contribution in [2.75, 3.05) is 20.1 Å². The summed E-state index contributed by atoms with van der Waals surface area (Å²) in [5.74, 6) is -0.204. The van der Waals surface area contributed by atoms with Crippen LogP contribution in [0, 0.1) is 13.8 Å². The predicted molar refractivity (Wildman–Crippen MR) is 127 cm³/mol. The van der Waals surface area contributed by atoms with Gasteiger partial charge in [-0.15, -0.1) is 35.3 Å². The standard InChI is InChI=1S/C19H26N6O2S.HI/c1-12-13(2)28-17(25-12)8-9-22-19(21-3)24-10-14-4-6-15(7-5-14)18(27)23-11-16(20)26;/h4-7H,8-11H2,1-3H3,(H2,20,26)(H,23,27)(H2,21,22,24);1H. The fourth-order valence-corrected chi connectivity index (χ4v) is 3.32. The molecule has 2 amide bonds. The second-order valence-electron chi connectivity index (χ2n) is 6.20. The Balaban J connectivity index is 0.00000420. The van der Waals surface area contributed by atoms with Crippen LogP contribution in [0.5, 0.6) is 0 Å². The Morgan fingerprint density at radius 3 is 2.38 bits per heavy atom. The Morgan fingerprint density at radius 2 is 1.83 bits per heavy atom. The SMILES string of the molecule is CN=C(NCCc1nc(C)c(C)s1)NCc1ccc(C(=O)NCC(N)=O)cc1.I. The Hall–Kier alpha value is -2.21. The van der Waals surface area contributed by atoms with E-state index in [0.717, 1.165) is 29.2 Å². The van der Waals surface area contributed by atoms with Gasteiger partial charge in [0.2, 0.25) is 5.91 Å². The monoisotopic (exact) mass is 530 g/mol. The zero-order chi connectivity index (χ0) is 20.5. The molecule has 0 spiro atoms. The van der Waals surface area contributed by atoms with E-state index in [1.165, 1.54) is 4.88 Å². The number of carbonyl (C=O) groups excluding carboxylic acids is 2. The summed E-state index contributed by atoms with van der Waals surface area (Å²) in [5.41, 5.74) is 7.58. The second-order valence-corrected chi connectivity index (χ2v) is 7.49. The lowest BCUT2D eigenvalue weighted by Crippen LogP contribution is -2.37. The minimum atomic E-state index is -0.576. The number of nitrogens with two attached hydrogens (primary N) is 1. The number of aliphatic imine (C=N–C) groups is 1. The number of hydrogen-bond acceptors (Lipinski definition) is 5. The summed E-state index contributed by atoms with van der Waals surface area (Å²) in [5, 5.41) is 10.1. The van der Waals surface area contributed by atoms with Gasteiger partial charge in [-0.2, -0.15) is 0 Å². The molecule has 1 aromatic heterocycles. The number of amides is 2. The quantitative estimate of drug-likeness (QED) is 0.234. The Labute approximate surface area is 191 Å². The van der Waals surface area contributed by atoms with E-state index in [2.05, 4.69) is 32.9 Å². The van der Waals surface area contributed by atoms with Crippen molar-refractivity contribution in [3.63, 3.8) is 0 Å². The van der Waals surface area contributed by atoms with Crippen LogP contribution in [0.3, 0.4) is 0 Å². The number of hydrogen-bond donors (Lipinski definition) is 4. The molecular weight excluding hydrogens is 503 g/mol. The van der Waals surface area contributed by atoms with Crippen molar-refractivity contribution in [2.24, 2.45) is 10.7 Å². The molecular formula is C19H27IN6O2S. The highest BCUT2D eigenvalue weighted by Crippen LogP contribution is 2.16. The van der Waals surface area contributed by atoms with Gasteiger partial charge in [0.05, 0.1) is 17.2 Å². The van der Waals surface area contributed by atoms with Gasteiger partial charge in [0.1, 0.15) is 0 Å². The lowest BCUT2D eigenvalue weighted by atomic mass is 10.1. The van der Waals surface area contributed by atoms with Crippen LogP contribution in [0.25, 0.3) is 0 Å². The molecule has 0 fully saturated rings. The lowest BCUT2D eigenvalue weighted by Gasteiger charge is -2.11. The number of aromatic nitrogens is 1. The Bertz CT molecular complexity index is 831. The molecule has 158 valence electrons. The van der Waals surface area contributed by atoms with Crippen LogP contribution in [-0.4, -0.2) is 42.9 Å².